The summed E-state index contributed by atoms with van der Waals surface area (Å²) in [6, 6.07) is 19.1. The number of carbonyl (C=O) groups is 2. The van der Waals surface area contributed by atoms with Gasteiger partial charge in [-0.05, 0) is 52.9 Å². The van der Waals surface area contributed by atoms with Gasteiger partial charge >= 0.3 is 0 Å². The summed E-state index contributed by atoms with van der Waals surface area (Å²) in [5.74, 6) is -1.54. The van der Waals surface area contributed by atoms with Gasteiger partial charge in [-0.3, -0.25) is 14.5 Å². The van der Waals surface area contributed by atoms with Crippen LogP contribution in [0.15, 0.2) is 82.5 Å². The number of benzene rings is 3. The van der Waals surface area contributed by atoms with E-state index in [0.29, 0.717) is 33.0 Å². The van der Waals surface area contributed by atoms with E-state index in [9.17, 15) is 14.7 Å². The number of fused-ring (bicyclic) bond motifs is 1. The van der Waals surface area contributed by atoms with E-state index in [1.165, 1.54) is 12.0 Å². The van der Waals surface area contributed by atoms with E-state index in [1.807, 2.05) is 67.5 Å². The van der Waals surface area contributed by atoms with Gasteiger partial charge in [-0.2, -0.15) is 0 Å². The normalized spacial score (nSPS) is 15.7. The first-order valence-electron chi connectivity index (χ1n) is 12.9. The molecule has 2 heterocycles. The molecule has 0 radical (unpaired) electrons. The predicted molar refractivity (Wildman–Crippen MR) is 158 cm³/mol. The third kappa shape index (κ3) is 4.71. The molecule has 5 rings (SSSR count). The first kappa shape index (κ1) is 27.3. The van der Waals surface area contributed by atoms with Crippen LogP contribution in [-0.2, 0) is 10.2 Å². The van der Waals surface area contributed by atoms with E-state index < -0.39 is 23.5 Å². The second-order valence-corrected chi connectivity index (χ2v) is 11.5. The number of methoxy groups -OCH3 is 1. The van der Waals surface area contributed by atoms with E-state index in [1.54, 1.807) is 18.2 Å². The Balaban J connectivity index is 1.64. The lowest BCUT2D eigenvalue weighted by Crippen LogP contribution is -2.31. The minimum absolute atomic E-state index is 0.0373. The third-order valence-corrected chi connectivity index (χ3v) is 7.40. The van der Waals surface area contributed by atoms with Crippen molar-refractivity contribution < 1.29 is 23.8 Å². The van der Waals surface area contributed by atoms with E-state index in [-0.39, 0.29) is 16.7 Å². The Hall–Kier alpha value is -4.23. The topological polar surface area (TPSA) is 83.2 Å². The average molecular weight is 559 g/mol. The number of aliphatic hydroxyl groups is 1. The molecule has 1 aliphatic rings. The molecule has 1 unspecified atom stereocenters. The summed E-state index contributed by atoms with van der Waals surface area (Å²) in [4.78, 5) is 31.0. The minimum Gasteiger partial charge on any atom is -0.503 e. The molecule has 0 bridgehead atoms. The van der Waals surface area contributed by atoms with Crippen LogP contribution in [0.1, 0.15) is 48.5 Å². The summed E-state index contributed by atoms with van der Waals surface area (Å²) in [5, 5.41) is 12.2. The van der Waals surface area contributed by atoms with Crippen LogP contribution in [0.2, 0.25) is 5.02 Å². The van der Waals surface area contributed by atoms with Gasteiger partial charge in [0.25, 0.3) is 5.91 Å². The molecule has 0 saturated heterocycles. The van der Waals surface area contributed by atoms with Crippen molar-refractivity contribution in [3.05, 3.63) is 100.0 Å². The van der Waals surface area contributed by atoms with Gasteiger partial charge in [0.05, 0.1) is 18.7 Å². The summed E-state index contributed by atoms with van der Waals surface area (Å²) in [6.07, 6.45) is 0. The number of carbonyl (C=O) groups excluding carboxylic acids is 2. The fourth-order valence-corrected chi connectivity index (χ4v) is 5.19. The van der Waals surface area contributed by atoms with Gasteiger partial charge < -0.3 is 19.2 Å². The molecule has 7 nitrogen and oxygen atoms in total. The number of furan rings is 1. The zero-order valence-electron chi connectivity index (χ0n) is 23.3. The SMILES string of the molecule is COc1cc(Cl)cc2cc(C(=O)C3=C(O)C(=O)N(c4ccc(C(C)(C)C)cc4)C3c3ccc(N(C)C)cc3)oc12. The van der Waals surface area contributed by atoms with E-state index in [2.05, 4.69) is 20.8 Å². The van der Waals surface area contributed by atoms with Gasteiger partial charge in [0.15, 0.2) is 22.9 Å². The molecule has 3 aromatic carbocycles. The monoisotopic (exact) mass is 558 g/mol. The standard InChI is InChI=1S/C32H31ClN2O5/c1-32(2,3)20-9-13-23(14-10-20)35-27(18-7-11-22(12-8-18)34(4)5)26(29(37)31(35)38)28(36)24-16-19-15-21(33)17-25(39-6)30(19)40-24/h7-17,27,37H,1-6H3. The second kappa shape index (κ2) is 10.1. The van der Waals surface area contributed by atoms with Crippen molar-refractivity contribution in [1.82, 2.24) is 0 Å². The molecule has 4 aromatic rings. The molecule has 206 valence electrons. The average Bonchev–Trinajstić information content (AvgIpc) is 3.46. The number of nitrogens with zero attached hydrogens (tertiary/aromatic N) is 2. The van der Waals surface area contributed by atoms with Crippen LogP contribution in [-0.4, -0.2) is 38.0 Å². The van der Waals surface area contributed by atoms with Gasteiger partial charge in [-0.1, -0.05) is 56.6 Å². The molecule has 0 fully saturated rings. The largest absolute Gasteiger partial charge is 0.503 e. The minimum atomic E-state index is -0.879. The van der Waals surface area contributed by atoms with Crippen molar-refractivity contribution in [1.29, 1.82) is 0 Å². The number of hydrogen-bond donors (Lipinski definition) is 1. The summed E-state index contributed by atoms with van der Waals surface area (Å²) < 4.78 is 11.3. The van der Waals surface area contributed by atoms with Crippen LogP contribution >= 0.6 is 11.6 Å². The van der Waals surface area contributed by atoms with Crippen LogP contribution in [0, 0.1) is 0 Å². The number of Topliss-reactive ketones (excluding diaryl/α,β-unsaturated/α-hetero) is 1. The van der Waals surface area contributed by atoms with Crippen molar-refractivity contribution in [2.24, 2.45) is 0 Å². The molecular formula is C32H31ClN2O5. The maximum atomic E-state index is 14.0. The van der Waals surface area contributed by atoms with Gasteiger partial charge in [0.1, 0.15) is 0 Å². The van der Waals surface area contributed by atoms with Crippen LogP contribution in [0.4, 0.5) is 11.4 Å². The fourth-order valence-electron chi connectivity index (χ4n) is 4.98. The van der Waals surface area contributed by atoms with E-state index in [4.69, 9.17) is 20.8 Å². The Kier molecular flexibility index (Phi) is 6.88. The van der Waals surface area contributed by atoms with Crippen molar-refractivity contribution in [2.45, 2.75) is 32.2 Å². The zero-order chi connectivity index (χ0) is 28.9. The van der Waals surface area contributed by atoms with Gasteiger partial charge in [-0.15, -0.1) is 0 Å². The van der Waals surface area contributed by atoms with Crippen LogP contribution in [0.5, 0.6) is 5.75 Å². The molecule has 1 amide bonds. The molecule has 0 spiro atoms. The van der Waals surface area contributed by atoms with E-state index >= 15 is 0 Å². The number of hydrogen-bond acceptors (Lipinski definition) is 6. The van der Waals surface area contributed by atoms with Crippen molar-refractivity contribution in [3.8, 4) is 5.75 Å². The Morgan fingerprint density at radius 2 is 1.68 bits per heavy atom. The Bertz CT molecular complexity index is 1640. The highest BCUT2D eigenvalue weighted by Gasteiger charge is 2.45. The summed E-state index contributed by atoms with van der Waals surface area (Å²) in [7, 11) is 5.34. The zero-order valence-corrected chi connectivity index (χ0v) is 24.0. The molecule has 1 aromatic heterocycles. The lowest BCUT2D eigenvalue weighted by molar-refractivity contribution is -0.117. The number of ketones is 1. The molecule has 1 atom stereocenters. The van der Waals surface area contributed by atoms with Gasteiger partial charge in [0.2, 0.25) is 5.78 Å². The highest BCUT2D eigenvalue weighted by molar-refractivity contribution is 6.31. The quantitative estimate of drug-likeness (QED) is 0.251. The maximum absolute atomic E-state index is 14.0. The van der Waals surface area contributed by atoms with Gasteiger partial charge in [-0.25, -0.2) is 0 Å². The smallest absolute Gasteiger partial charge is 0.294 e. The first-order valence-corrected chi connectivity index (χ1v) is 13.2. The van der Waals surface area contributed by atoms with Crippen LogP contribution in [0.3, 0.4) is 0 Å². The molecular weight excluding hydrogens is 528 g/mol. The number of ether oxygens (including phenoxy) is 1. The molecule has 0 saturated carbocycles. The number of anilines is 2. The summed E-state index contributed by atoms with van der Waals surface area (Å²) >= 11 is 6.21. The highest BCUT2D eigenvalue weighted by Crippen LogP contribution is 2.43. The van der Waals surface area contributed by atoms with Crippen molar-refractivity contribution in [3.63, 3.8) is 0 Å². The second-order valence-electron chi connectivity index (χ2n) is 11.1. The predicted octanol–water partition coefficient (Wildman–Crippen LogP) is 7.24. The lowest BCUT2D eigenvalue weighted by atomic mass is 9.87. The maximum Gasteiger partial charge on any atom is 0.294 e. The van der Waals surface area contributed by atoms with E-state index in [0.717, 1.165) is 11.3 Å². The Morgan fingerprint density at radius 1 is 1.02 bits per heavy atom. The van der Waals surface area contributed by atoms with Crippen molar-refractivity contribution >= 4 is 45.6 Å². The van der Waals surface area contributed by atoms with Crippen LogP contribution in [0.25, 0.3) is 11.0 Å². The lowest BCUT2D eigenvalue weighted by Gasteiger charge is -2.28. The van der Waals surface area contributed by atoms with Crippen molar-refractivity contribution in [2.75, 3.05) is 31.0 Å². The number of rotatable bonds is 6. The molecule has 0 aliphatic carbocycles. The fraction of sp³-hybridized carbons (Fsp3) is 0.250. The van der Waals surface area contributed by atoms with Gasteiger partial charge in [0, 0.05) is 41.9 Å². The Morgan fingerprint density at radius 3 is 2.25 bits per heavy atom. The number of amides is 1. The summed E-state index contributed by atoms with van der Waals surface area (Å²) in [5.41, 5.74) is 3.49. The first-order chi connectivity index (χ1) is 18.9. The Labute approximate surface area is 238 Å². The molecule has 40 heavy (non-hydrogen) atoms. The molecule has 1 N–H and O–H groups in total. The highest BCUT2D eigenvalue weighted by atomic mass is 35.5. The molecule has 8 heteroatoms. The summed E-state index contributed by atoms with van der Waals surface area (Å²) in [6.45, 7) is 6.33. The number of halogens is 1. The number of aliphatic hydroxyl groups excluding tert-OH is 1. The van der Waals surface area contributed by atoms with Crippen LogP contribution < -0.4 is 14.5 Å². The molecule has 1 aliphatic heterocycles. The third-order valence-electron chi connectivity index (χ3n) is 7.18.